The van der Waals surface area contributed by atoms with Crippen molar-refractivity contribution in [2.75, 3.05) is 13.2 Å². The Labute approximate surface area is 113 Å². The van der Waals surface area contributed by atoms with Gasteiger partial charge in [-0.1, -0.05) is 19.1 Å². The molecule has 1 N–H and O–H groups in total. The van der Waals surface area contributed by atoms with E-state index in [4.69, 9.17) is 4.74 Å². The maximum absolute atomic E-state index is 13.7. The molecule has 0 spiro atoms. The topological polar surface area (TPSA) is 21.3 Å². The average molecular weight is 269 g/mol. The Kier molecular flexibility index (Phi) is 4.88. The molecule has 1 aromatic rings. The lowest BCUT2D eigenvalue weighted by Crippen LogP contribution is -2.38. The lowest BCUT2D eigenvalue weighted by Gasteiger charge is -2.23. The summed E-state index contributed by atoms with van der Waals surface area (Å²) < 4.78 is 32.5. The van der Waals surface area contributed by atoms with Crippen molar-refractivity contribution in [1.82, 2.24) is 5.32 Å². The highest BCUT2D eigenvalue weighted by molar-refractivity contribution is 5.20. The van der Waals surface area contributed by atoms with E-state index in [0.29, 0.717) is 24.5 Å². The maximum atomic E-state index is 13.7. The van der Waals surface area contributed by atoms with Gasteiger partial charge in [-0.05, 0) is 37.9 Å². The van der Waals surface area contributed by atoms with Crippen molar-refractivity contribution >= 4 is 0 Å². The minimum atomic E-state index is -0.774. The highest BCUT2D eigenvalue weighted by Gasteiger charge is 2.29. The molecule has 2 rings (SSSR count). The van der Waals surface area contributed by atoms with Crippen LogP contribution in [0.15, 0.2) is 18.2 Å². The summed E-state index contributed by atoms with van der Waals surface area (Å²) in [7, 11) is 0. The summed E-state index contributed by atoms with van der Waals surface area (Å²) in [6.45, 7) is 5.57. The van der Waals surface area contributed by atoms with E-state index in [-0.39, 0.29) is 12.1 Å². The third-order valence-corrected chi connectivity index (χ3v) is 3.74. The van der Waals surface area contributed by atoms with Crippen molar-refractivity contribution in [3.05, 3.63) is 35.4 Å². The van der Waals surface area contributed by atoms with Crippen LogP contribution >= 0.6 is 0 Å². The summed E-state index contributed by atoms with van der Waals surface area (Å²) in [6, 6.07) is 4.50. The second kappa shape index (κ2) is 6.44. The lowest BCUT2D eigenvalue weighted by molar-refractivity contribution is 0.117. The van der Waals surface area contributed by atoms with Crippen molar-refractivity contribution in [2.24, 2.45) is 5.92 Å². The van der Waals surface area contributed by atoms with Gasteiger partial charge in [-0.15, -0.1) is 0 Å². The standard InChI is InChI=1S/C15H21F2NO/c1-3-18-14(12-7-10(2)19-9-12)8-11-5-4-6-13(16)15(11)17/h4-6,10,12,14,18H,3,7-9H2,1-2H3. The monoisotopic (exact) mass is 269 g/mol. The van der Waals surface area contributed by atoms with E-state index in [1.807, 2.05) is 13.8 Å². The molecule has 0 amide bonds. The zero-order valence-corrected chi connectivity index (χ0v) is 11.5. The van der Waals surface area contributed by atoms with E-state index in [1.165, 1.54) is 0 Å². The largest absolute Gasteiger partial charge is 0.378 e. The van der Waals surface area contributed by atoms with E-state index < -0.39 is 11.6 Å². The van der Waals surface area contributed by atoms with Gasteiger partial charge in [0, 0.05) is 12.0 Å². The zero-order valence-electron chi connectivity index (χ0n) is 11.5. The normalized spacial score (nSPS) is 24.6. The molecule has 1 heterocycles. The molecule has 2 nitrogen and oxygen atoms in total. The number of rotatable bonds is 5. The van der Waals surface area contributed by atoms with Gasteiger partial charge >= 0.3 is 0 Å². The Morgan fingerprint density at radius 3 is 2.84 bits per heavy atom. The summed E-state index contributed by atoms with van der Waals surface area (Å²) in [5, 5.41) is 3.37. The highest BCUT2D eigenvalue weighted by Crippen LogP contribution is 2.25. The number of hydrogen-bond acceptors (Lipinski definition) is 2. The Balaban J connectivity index is 2.09. The van der Waals surface area contributed by atoms with E-state index in [1.54, 1.807) is 12.1 Å². The first-order valence-corrected chi connectivity index (χ1v) is 6.89. The molecule has 1 aromatic carbocycles. The van der Waals surface area contributed by atoms with E-state index >= 15 is 0 Å². The molecule has 1 saturated heterocycles. The van der Waals surface area contributed by atoms with Gasteiger partial charge in [0.15, 0.2) is 11.6 Å². The summed E-state index contributed by atoms with van der Waals surface area (Å²) in [5.41, 5.74) is 0.436. The molecule has 0 saturated carbocycles. The van der Waals surface area contributed by atoms with Crippen LogP contribution in [0.3, 0.4) is 0 Å². The summed E-state index contributed by atoms with van der Waals surface area (Å²) in [6.07, 6.45) is 1.72. The smallest absolute Gasteiger partial charge is 0.162 e. The fourth-order valence-corrected chi connectivity index (χ4v) is 2.74. The molecule has 3 unspecified atom stereocenters. The fraction of sp³-hybridized carbons (Fsp3) is 0.600. The van der Waals surface area contributed by atoms with Gasteiger partial charge in [-0.3, -0.25) is 0 Å². The minimum Gasteiger partial charge on any atom is -0.378 e. The van der Waals surface area contributed by atoms with Crippen LogP contribution in [0.2, 0.25) is 0 Å². The summed E-state index contributed by atoms with van der Waals surface area (Å²) in [4.78, 5) is 0. The van der Waals surface area contributed by atoms with Crippen LogP contribution in [0.5, 0.6) is 0 Å². The van der Waals surface area contributed by atoms with Crippen LogP contribution in [-0.4, -0.2) is 25.3 Å². The first-order valence-electron chi connectivity index (χ1n) is 6.89. The fourth-order valence-electron chi connectivity index (χ4n) is 2.74. The summed E-state index contributed by atoms with van der Waals surface area (Å²) in [5.74, 6) is -1.14. The molecule has 0 radical (unpaired) electrons. The van der Waals surface area contributed by atoms with E-state index in [0.717, 1.165) is 19.0 Å². The molecule has 19 heavy (non-hydrogen) atoms. The molecule has 4 heteroatoms. The second-order valence-corrected chi connectivity index (χ2v) is 5.22. The third kappa shape index (κ3) is 3.51. The average Bonchev–Trinajstić information content (AvgIpc) is 2.81. The second-order valence-electron chi connectivity index (χ2n) is 5.22. The number of hydrogen-bond donors (Lipinski definition) is 1. The molecule has 1 aliphatic rings. The molecule has 0 aromatic heterocycles. The molecule has 0 aliphatic carbocycles. The minimum absolute atomic E-state index is 0.131. The molecular weight excluding hydrogens is 248 g/mol. The molecule has 3 atom stereocenters. The van der Waals surface area contributed by atoms with Crippen molar-refractivity contribution in [3.63, 3.8) is 0 Å². The Bertz CT molecular complexity index is 425. The number of nitrogens with one attached hydrogen (secondary N) is 1. The quantitative estimate of drug-likeness (QED) is 0.887. The van der Waals surface area contributed by atoms with Gasteiger partial charge < -0.3 is 10.1 Å². The summed E-state index contributed by atoms with van der Waals surface area (Å²) >= 11 is 0. The van der Waals surface area contributed by atoms with Crippen LogP contribution in [0.25, 0.3) is 0 Å². The maximum Gasteiger partial charge on any atom is 0.162 e. The van der Waals surface area contributed by atoms with Crippen LogP contribution < -0.4 is 5.32 Å². The molecule has 0 bridgehead atoms. The van der Waals surface area contributed by atoms with Crippen molar-refractivity contribution in [1.29, 1.82) is 0 Å². The number of benzene rings is 1. The highest BCUT2D eigenvalue weighted by atomic mass is 19.2. The SMILES string of the molecule is CCNC(Cc1cccc(F)c1F)C1COC(C)C1. The van der Waals surface area contributed by atoms with Crippen LogP contribution in [0.1, 0.15) is 25.8 Å². The predicted octanol–water partition coefficient (Wildman–Crippen LogP) is 2.91. The predicted molar refractivity (Wildman–Crippen MR) is 71.0 cm³/mol. The van der Waals surface area contributed by atoms with Gasteiger partial charge in [-0.25, -0.2) is 8.78 Å². The number of likely N-dealkylation sites (N-methyl/N-ethyl adjacent to an activating group) is 1. The molecular formula is C15H21F2NO. The zero-order chi connectivity index (χ0) is 13.8. The van der Waals surface area contributed by atoms with Gasteiger partial charge in [0.25, 0.3) is 0 Å². The Morgan fingerprint density at radius 2 is 2.21 bits per heavy atom. The van der Waals surface area contributed by atoms with Gasteiger partial charge in [0.1, 0.15) is 0 Å². The number of ether oxygens (including phenoxy) is 1. The van der Waals surface area contributed by atoms with Crippen LogP contribution in [0, 0.1) is 17.6 Å². The first-order chi connectivity index (χ1) is 9.11. The van der Waals surface area contributed by atoms with Crippen molar-refractivity contribution in [3.8, 4) is 0 Å². The van der Waals surface area contributed by atoms with Crippen molar-refractivity contribution < 1.29 is 13.5 Å². The molecule has 106 valence electrons. The van der Waals surface area contributed by atoms with Crippen LogP contribution in [-0.2, 0) is 11.2 Å². The van der Waals surface area contributed by atoms with Gasteiger partial charge in [0.2, 0.25) is 0 Å². The number of halogens is 2. The van der Waals surface area contributed by atoms with Crippen molar-refractivity contribution in [2.45, 2.75) is 38.8 Å². The van der Waals surface area contributed by atoms with Gasteiger partial charge in [0.05, 0.1) is 12.7 Å². The Morgan fingerprint density at radius 1 is 1.42 bits per heavy atom. The Hall–Kier alpha value is -1.00. The van der Waals surface area contributed by atoms with E-state index in [9.17, 15) is 8.78 Å². The molecule has 1 aliphatic heterocycles. The van der Waals surface area contributed by atoms with Crippen LogP contribution in [0.4, 0.5) is 8.78 Å². The first kappa shape index (κ1) is 14.4. The molecule has 1 fully saturated rings. The lowest BCUT2D eigenvalue weighted by atomic mass is 9.91. The van der Waals surface area contributed by atoms with Gasteiger partial charge in [-0.2, -0.15) is 0 Å². The third-order valence-electron chi connectivity index (χ3n) is 3.74. The van der Waals surface area contributed by atoms with E-state index in [2.05, 4.69) is 5.32 Å².